The van der Waals surface area contributed by atoms with Crippen LogP contribution < -0.4 is 9.47 Å². The molecule has 0 saturated carbocycles. The van der Waals surface area contributed by atoms with Gasteiger partial charge in [0, 0.05) is 0 Å². The highest BCUT2D eigenvalue weighted by Gasteiger charge is 2.10. The van der Waals surface area contributed by atoms with Crippen LogP contribution in [0.4, 0.5) is 0 Å². The third-order valence-corrected chi connectivity index (χ3v) is 1.83. The minimum atomic E-state index is 0.567. The Morgan fingerprint density at radius 1 is 1.15 bits per heavy atom. The van der Waals surface area contributed by atoms with Crippen molar-refractivity contribution in [3.63, 3.8) is 0 Å². The summed E-state index contributed by atoms with van der Waals surface area (Å²) in [6.07, 6.45) is 2.24. The van der Waals surface area contributed by atoms with Gasteiger partial charge in [0.15, 0.2) is 11.5 Å². The number of carbonyl (C=O) groups is 1. The Morgan fingerprint density at radius 2 is 1.92 bits per heavy atom. The largest absolute Gasteiger partial charge is 0.486 e. The molecule has 0 aliphatic carbocycles. The molecule has 0 saturated heterocycles. The van der Waals surface area contributed by atoms with Crippen molar-refractivity contribution in [1.82, 2.24) is 0 Å². The average molecular weight is 177 g/mol. The monoisotopic (exact) mass is 177 g/mol. The molecule has 1 aromatic carbocycles. The van der Waals surface area contributed by atoms with Crippen LogP contribution in [0.15, 0.2) is 18.2 Å². The van der Waals surface area contributed by atoms with Crippen molar-refractivity contribution in [2.45, 2.75) is 0 Å². The Kier molecular flexibility index (Phi) is 2.17. The lowest BCUT2D eigenvalue weighted by Gasteiger charge is -2.18. The molecule has 0 N–H and O–H groups in total. The maximum atomic E-state index is 10.2. The summed E-state index contributed by atoms with van der Waals surface area (Å²) in [5.74, 6) is 1.45. The van der Waals surface area contributed by atoms with Crippen molar-refractivity contribution in [2.24, 2.45) is 0 Å². The van der Waals surface area contributed by atoms with Crippen LogP contribution >= 0.6 is 0 Å². The van der Waals surface area contributed by atoms with Crippen LogP contribution in [-0.2, 0) is 4.79 Å². The average Bonchev–Trinajstić information content (AvgIpc) is 2.18. The van der Waals surface area contributed by atoms with E-state index in [-0.39, 0.29) is 0 Å². The lowest BCUT2D eigenvalue weighted by Crippen LogP contribution is -2.15. The van der Waals surface area contributed by atoms with Crippen LogP contribution in [0.1, 0.15) is 5.56 Å². The van der Waals surface area contributed by atoms with Crippen LogP contribution in [0.5, 0.6) is 11.5 Å². The Hall–Kier alpha value is -1.51. The van der Waals surface area contributed by atoms with Crippen molar-refractivity contribution in [2.75, 3.05) is 13.2 Å². The van der Waals surface area contributed by atoms with Gasteiger partial charge in [0.1, 0.15) is 19.5 Å². The molecule has 67 valence electrons. The molecule has 3 nitrogen and oxygen atoms in total. The maximum Gasteiger partial charge on any atom is 0.161 e. The van der Waals surface area contributed by atoms with Gasteiger partial charge in [-0.2, -0.15) is 0 Å². The third-order valence-electron chi connectivity index (χ3n) is 1.83. The molecule has 1 aliphatic rings. The first-order valence-corrected chi connectivity index (χ1v) is 4.08. The van der Waals surface area contributed by atoms with Gasteiger partial charge in [0.05, 0.1) is 6.42 Å². The second kappa shape index (κ2) is 3.47. The number of hydrogen-bond donors (Lipinski definition) is 0. The Bertz CT molecular complexity index is 320. The SMILES string of the molecule is O=C[CH]c1ccc2c(c1)OCCO2. The van der Waals surface area contributed by atoms with E-state index < -0.39 is 0 Å². The van der Waals surface area contributed by atoms with E-state index >= 15 is 0 Å². The van der Waals surface area contributed by atoms with Gasteiger partial charge in [-0.05, 0) is 17.7 Å². The van der Waals surface area contributed by atoms with Crippen LogP contribution in [0.3, 0.4) is 0 Å². The molecule has 0 fully saturated rings. The van der Waals surface area contributed by atoms with Gasteiger partial charge in [-0.1, -0.05) is 6.07 Å². The van der Waals surface area contributed by atoms with Gasteiger partial charge in [0.2, 0.25) is 0 Å². The van der Waals surface area contributed by atoms with Gasteiger partial charge in [-0.3, -0.25) is 0 Å². The van der Waals surface area contributed by atoms with E-state index in [4.69, 9.17) is 9.47 Å². The smallest absolute Gasteiger partial charge is 0.161 e. The highest BCUT2D eigenvalue weighted by atomic mass is 16.6. The molecular weight excluding hydrogens is 168 g/mol. The van der Waals surface area contributed by atoms with E-state index in [1.807, 2.05) is 12.1 Å². The molecule has 0 spiro atoms. The highest BCUT2D eigenvalue weighted by Crippen LogP contribution is 2.30. The Balaban J connectivity index is 2.29. The Labute approximate surface area is 76.3 Å². The molecule has 0 unspecified atom stereocenters. The zero-order chi connectivity index (χ0) is 9.10. The number of benzene rings is 1. The first kappa shape index (κ1) is 8.10. The van der Waals surface area contributed by atoms with Crippen molar-refractivity contribution in [1.29, 1.82) is 0 Å². The van der Waals surface area contributed by atoms with Crippen molar-refractivity contribution in [3.8, 4) is 11.5 Å². The normalized spacial score (nSPS) is 13.8. The minimum Gasteiger partial charge on any atom is -0.486 e. The van der Waals surface area contributed by atoms with Crippen LogP contribution in [0, 0.1) is 6.42 Å². The molecule has 0 atom stereocenters. The molecule has 13 heavy (non-hydrogen) atoms. The van der Waals surface area contributed by atoms with E-state index in [0.717, 1.165) is 17.6 Å². The first-order chi connectivity index (χ1) is 6.40. The van der Waals surface area contributed by atoms with Crippen molar-refractivity contribution < 1.29 is 14.3 Å². The summed E-state index contributed by atoms with van der Waals surface area (Å²) in [6, 6.07) is 5.43. The standard InChI is InChI=1S/C10H9O3/c11-4-3-8-1-2-9-10(7-8)13-6-5-12-9/h1-4,7H,5-6H2. The van der Waals surface area contributed by atoms with Gasteiger partial charge in [-0.15, -0.1) is 0 Å². The molecule has 1 aliphatic heterocycles. The second-order valence-electron chi connectivity index (χ2n) is 2.71. The summed E-state index contributed by atoms with van der Waals surface area (Å²) in [4.78, 5) is 10.2. The van der Waals surface area contributed by atoms with Gasteiger partial charge in [0.25, 0.3) is 0 Å². The van der Waals surface area contributed by atoms with Gasteiger partial charge in [-0.25, -0.2) is 0 Å². The summed E-state index contributed by atoms with van der Waals surface area (Å²) in [5, 5.41) is 0. The molecule has 0 aromatic heterocycles. The van der Waals surface area contributed by atoms with E-state index in [1.165, 1.54) is 6.42 Å². The number of fused-ring (bicyclic) bond motifs is 1. The fourth-order valence-electron chi connectivity index (χ4n) is 1.24. The lowest BCUT2D eigenvalue weighted by molar-refractivity contribution is -0.104. The van der Waals surface area contributed by atoms with Gasteiger partial charge >= 0.3 is 0 Å². The molecule has 3 heteroatoms. The predicted octanol–water partition coefficient (Wildman–Crippen LogP) is 1.21. The molecule has 1 aromatic rings. The summed E-state index contributed by atoms with van der Waals surface area (Å²) in [7, 11) is 0. The predicted molar refractivity (Wildman–Crippen MR) is 46.9 cm³/mol. The molecule has 2 rings (SSSR count). The third kappa shape index (κ3) is 1.64. The van der Waals surface area contributed by atoms with E-state index in [1.54, 1.807) is 6.07 Å². The van der Waals surface area contributed by atoms with E-state index in [9.17, 15) is 4.79 Å². The molecule has 1 heterocycles. The van der Waals surface area contributed by atoms with E-state index in [0.29, 0.717) is 19.0 Å². The van der Waals surface area contributed by atoms with Crippen molar-refractivity contribution >= 4 is 6.29 Å². The highest BCUT2D eigenvalue weighted by molar-refractivity contribution is 5.68. The summed E-state index contributed by atoms with van der Waals surface area (Å²) in [5.41, 5.74) is 0.833. The first-order valence-electron chi connectivity index (χ1n) is 4.08. The second-order valence-corrected chi connectivity index (χ2v) is 2.71. The topological polar surface area (TPSA) is 35.5 Å². The molecule has 1 radical (unpaired) electrons. The van der Waals surface area contributed by atoms with Crippen LogP contribution in [-0.4, -0.2) is 19.5 Å². The fourth-order valence-corrected chi connectivity index (χ4v) is 1.24. The lowest BCUT2D eigenvalue weighted by atomic mass is 10.1. The fraction of sp³-hybridized carbons (Fsp3) is 0.200. The zero-order valence-corrected chi connectivity index (χ0v) is 7.03. The molecule has 0 bridgehead atoms. The van der Waals surface area contributed by atoms with Crippen molar-refractivity contribution in [3.05, 3.63) is 30.2 Å². The summed E-state index contributed by atoms with van der Waals surface area (Å²) >= 11 is 0. The number of aldehydes is 1. The van der Waals surface area contributed by atoms with Crippen LogP contribution in [0.25, 0.3) is 0 Å². The number of hydrogen-bond acceptors (Lipinski definition) is 3. The number of rotatable bonds is 2. The maximum absolute atomic E-state index is 10.2. The molecule has 0 amide bonds. The van der Waals surface area contributed by atoms with Gasteiger partial charge < -0.3 is 14.3 Å². The summed E-state index contributed by atoms with van der Waals surface area (Å²) < 4.78 is 10.7. The molecular formula is C10H9O3. The number of ether oxygens (including phenoxy) is 2. The minimum absolute atomic E-state index is 0.567. The quantitative estimate of drug-likeness (QED) is 0.637. The summed E-state index contributed by atoms with van der Waals surface area (Å²) in [6.45, 7) is 1.15. The zero-order valence-electron chi connectivity index (χ0n) is 7.03. The van der Waals surface area contributed by atoms with Crippen LogP contribution in [0.2, 0.25) is 0 Å². The van der Waals surface area contributed by atoms with E-state index in [2.05, 4.69) is 0 Å². The number of carbonyl (C=O) groups excluding carboxylic acids is 1. The Morgan fingerprint density at radius 3 is 2.69 bits per heavy atom.